The highest BCUT2D eigenvalue weighted by molar-refractivity contribution is 6.30. The maximum Gasteiger partial charge on any atom is 0.0406 e. The molecule has 0 bridgehead atoms. The van der Waals surface area contributed by atoms with E-state index in [0.717, 1.165) is 18.0 Å². The molecular formula is C12H18ClN. The highest BCUT2D eigenvalue weighted by atomic mass is 35.5. The van der Waals surface area contributed by atoms with Gasteiger partial charge in [0.2, 0.25) is 0 Å². The second kappa shape index (κ2) is 6.05. The Hall–Kier alpha value is -0.530. The molecule has 1 aromatic rings. The maximum absolute atomic E-state index is 5.84. The average Bonchev–Trinajstić information content (AvgIpc) is 2.21. The van der Waals surface area contributed by atoms with Crippen LogP contribution in [0.2, 0.25) is 5.02 Å². The molecule has 2 heteroatoms. The molecule has 0 spiro atoms. The predicted molar refractivity (Wildman–Crippen MR) is 62.8 cm³/mol. The summed E-state index contributed by atoms with van der Waals surface area (Å²) in [4.78, 5) is 0. The third kappa shape index (κ3) is 3.32. The van der Waals surface area contributed by atoms with Gasteiger partial charge in [-0.1, -0.05) is 37.6 Å². The van der Waals surface area contributed by atoms with Crippen LogP contribution in [-0.4, -0.2) is 6.54 Å². The van der Waals surface area contributed by atoms with Crippen molar-refractivity contribution >= 4 is 11.6 Å². The highest BCUT2D eigenvalue weighted by Gasteiger charge is 2.06. The van der Waals surface area contributed by atoms with Crippen LogP contribution in [0.4, 0.5) is 0 Å². The summed E-state index contributed by atoms with van der Waals surface area (Å²) in [6.45, 7) is 5.45. The Labute approximate surface area is 91.5 Å². The van der Waals surface area contributed by atoms with Crippen molar-refractivity contribution in [3.05, 3.63) is 34.9 Å². The molecule has 0 amide bonds. The van der Waals surface area contributed by atoms with Gasteiger partial charge in [-0.2, -0.15) is 0 Å². The van der Waals surface area contributed by atoms with Crippen molar-refractivity contribution in [2.45, 2.75) is 32.7 Å². The first-order valence-electron chi connectivity index (χ1n) is 5.26. The predicted octanol–water partition coefficient (Wildman–Crippen LogP) is 3.79. The van der Waals surface area contributed by atoms with Gasteiger partial charge in [-0.3, -0.25) is 0 Å². The Kier molecular flexibility index (Phi) is 4.99. The van der Waals surface area contributed by atoms with E-state index in [1.165, 1.54) is 12.0 Å². The Morgan fingerprint density at radius 2 is 1.86 bits per heavy atom. The molecule has 1 aromatic carbocycles. The van der Waals surface area contributed by atoms with Gasteiger partial charge in [0.15, 0.2) is 0 Å². The van der Waals surface area contributed by atoms with Crippen LogP contribution < -0.4 is 5.32 Å². The fourth-order valence-electron chi connectivity index (χ4n) is 1.51. The standard InChI is InChI=1S/C12H18ClN/c1-3-9-14-12(4-2)10-5-7-11(13)8-6-10/h5-8,12,14H,3-4,9H2,1-2H3/t12-/m1/s1. The first-order valence-corrected chi connectivity index (χ1v) is 5.64. The van der Waals surface area contributed by atoms with Gasteiger partial charge in [0.1, 0.15) is 0 Å². The monoisotopic (exact) mass is 211 g/mol. The topological polar surface area (TPSA) is 12.0 Å². The number of nitrogens with one attached hydrogen (secondary N) is 1. The summed E-state index contributed by atoms with van der Waals surface area (Å²) < 4.78 is 0. The normalized spacial score (nSPS) is 12.8. The summed E-state index contributed by atoms with van der Waals surface area (Å²) in [5.41, 5.74) is 1.32. The van der Waals surface area contributed by atoms with Gasteiger partial charge in [-0.25, -0.2) is 0 Å². The summed E-state index contributed by atoms with van der Waals surface area (Å²) in [6, 6.07) is 8.56. The van der Waals surface area contributed by atoms with E-state index in [1.807, 2.05) is 12.1 Å². The van der Waals surface area contributed by atoms with E-state index in [-0.39, 0.29) is 0 Å². The van der Waals surface area contributed by atoms with E-state index in [4.69, 9.17) is 11.6 Å². The summed E-state index contributed by atoms with van der Waals surface area (Å²) in [6.07, 6.45) is 2.28. The first kappa shape index (κ1) is 11.5. The van der Waals surface area contributed by atoms with Crippen LogP contribution in [0.25, 0.3) is 0 Å². The fourth-order valence-corrected chi connectivity index (χ4v) is 1.64. The van der Waals surface area contributed by atoms with Crippen molar-refractivity contribution in [3.63, 3.8) is 0 Å². The molecule has 0 radical (unpaired) electrons. The minimum Gasteiger partial charge on any atom is -0.310 e. The summed E-state index contributed by atoms with van der Waals surface area (Å²) in [5, 5.41) is 4.32. The zero-order chi connectivity index (χ0) is 10.4. The Balaban J connectivity index is 2.64. The minimum atomic E-state index is 0.465. The van der Waals surface area contributed by atoms with Crippen molar-refractivity contribution in [3.8, 4) is 0 Å². The van der Waals surface area contributed by atoms with E-state index < -0.39 is 0 Å². The summed E-state index contributed by atoms with van der Waals surface area (Å²) in [7, 11) is 0. The molecule has 0 fully saturated rings. The lowest BCUT2D eigenvalue weighted by Crippen LogP contribution is -2.21. The quantitative estimate of drug-likeness (QED) is 0.782. The Morgan fingerprint density at radius 1 is 1.21 bits per heavy atom. The molecule has 1 atom stereocenters. The van der Waals surface area contributed by atoms with Gasteiger partial charge < -0.3 is 5.32 Å². The second-order valence-electron chi connectivity index (χ2n) is 3.47. The van der Waals surface area contributed by atoms with Crippen molar-refractivity contribution < 1.29 is 0 Å². The zero-order valence-corrected chi connectivity index (χ0v) is 9.64. The third-order valence-corrected chi connectivity index (χ3v) is 2.57. The number of halogens is 1. The third-order valence-electron chi connectivity index (χ3n) is 2.32. The molecule has 1 N–H and O–H groups in total. The van der Waals surface area contributed by atoms with Crippen molar-refractivity contribution in [2.75, 3.05) is 6.54 Å². The van der Waals surface area contributed by atoms with Crippen LogP contribution in [0.15, 0.2) is 24.3 Å². The molecule has 0 saturated carbocycles. The van der Waals surface area contributed by atoms with Gasteiger partial charge in [0.25, 0.3) is 0 Å². The largest absolute Gasteiger partial charge is 0.310 e. The lowest BCUT2D eigenvalue weighted by molar-refractivity contribution is 0.518. The molecular weight excluding hydrogens is 194 g/mol. The molecule has 78 valence electrons. The first-order chi connectivity index (χ1) is 6.77. The lowest BCUT2D eigenvalue weighted by Gasteiger charge is -2.16. The average molecular weight is 212 g/mol. The van der Waals surface area contributed by atoms with Gasteiger partial charge in [0.05, 0.1) is 0 Å². The molecule has 1 nitrogen and oxygen atoms in total. The van der Waals surface area contributed by atoms with Gasteiger partial charge in [0, 0.05) is 11.1 Å². The van der Waals surface area contributed by atoms with Gasteiger partial charge >= 0.3 is 0 Å². The molecule has 0 aromatic heterocycles. The second-order valence-corrected chi connectivity index (χ2v) is 3.90. The summed E-state index contributed by atoms with van der Waals surface area (Å²) in [5.74, 6) is 0. The van der Waals surface area contributed by atoms with Crippen LogP contribution in [-0.2, 0) is 0 Å². The van der Waals surface area contributed by atoms with Gasteiger partial charge in [-0.15, -0.1) is 0 Å². The van der Waals surface area contributed by atoms with Crippen LogP contribution in [0, 0.1) is 0 Å². The molecule has 0 aliphatic rings. The number of hydrogen-bond acceptors (Lipinski definition) is 1. The maximum atomic E-state index is 5.84. The molecule has 1 rings (SSSR count). The summed E-state index contributed by atoms with van der Waals surface area (Å²) >= 11 is 5.84. The fraction of sp³-hybridized carbons (Fsp3) is 0.500. The van der Waals surface area contributed by atoms with Crippen LogP contribution in [0.3, 0.4) is 0 Å². The number of benzene rings is 1. The SMILES string of the molecule is CCCN[C@H](CC)c1ccc(Cl)cc1. The number of hydrogen-bond donors (Lipinski definition) is 1. The Bertz CT molecular complexity index is 256. The van der Waals surface area contributed by atoms with Crippen LogP contribution in [0.5, 0.6) is 0 Å². The number of rotatable bonds is 5. The van der Waals surface area contributed by atoms with Crippen molar-refractivity contribution in [2.24, 2.45) is 0 Å². The van der Waals surface area contributed by atoms with Crippen LogP contribution in [0.1, 0.15) is 38.3 Å². The van der Waals surface area contributed by atoms with Gasteiger partial charge in [-0.05, 0) is 37.1 Å². The van der Waals surface area contributed by atoms with Crippen molar-refractivity contribution in [1.29, 1.82) is 0 Å². The molecule has 14 heavy (non-hydrogen) atoms. The Morgan fingerprint density at radius 3 is 2.36 bits per heavy atom. The smallest absolute Gasteiger partial charge is 0.0406 e. The van der Waals surface area contributed by atoms with Crippen LogP contribution >= 0.6 is 11.6 Å². The highest BCUT2D eigenvalue weighted by Crippen LogP contribution is 2.18. The van der Waals surface area contributed by atoms with E-state index in [1.54, 1.807) is 0 Å². The van der Waals surface area contributed by atoms with E-state index in [9.17, 15) is 0 Å². The molecule has 0 aliphatic carbocycles. The van der Waals surface area contributed by atoms with E-state index in [0.29, 0.717) is 6.04 Å². The molecule has 0 aliphatic heterocycles. The molecule has 0 saturated heterocycles. The van der Waals surface area contributed by atoms with E-state index in [2.05, 4.69) is 31.3 Å². The van der Waals surface area contributed by atoms with E-state index >= 15 is 0 Å². The van der Waals surface area contributed by atoms with Crippen molar-refractivity contribution in [1.82, 2.24) is 5.32 Å². The minimum absolute atomic E-state index is 0.465. The molecule has 0 unspecified atom stereocenters. The lowest BCUT2D eigenvalue weighted by atomic mass is 10.0. The molecule has 0 heterocycles. The zero-order valence-electron chi connectivity index (χ0n) is 8.89.